The molecular formula is C31H50O5. The van der Waals surface area contributed by atoms with Gasteiger partial charge in [0.1, 0.15) is 5.75 Å². The lowest BCUT2D eigenvalue weighted by molar-refractivity contribution is -0.148. The molecule has 0 spiro atoms. The van der Waals surface area contributed by atoms with E-state index in [0.29, 0.717) is 12.4 Å². The minimum absolute atomic E-state index is 0.118. The van der Waals surface area contributed by atoms with Crippen molar-refractivity contribution in [3.63, 3.8) is 0 Å². The van der Waals surface area contributed by atoms with E-state index in [9.17, 15) is 14.4 Å². The van der Waals surface area contributed by atoms with Crippen LogP contribution in [0.2, 0.25) is 0 Å². The van der Waals surface area contributed by atoms with Crippen LogP contribution in [0.25, 0.3) is 0 Å². The minimum Gasteiger partial charge on any atom is -0.493 e. The first-order chi connectivity index (χ1) is 17.5. The van der Waals surface area contributed by atoms with Gasteiger partial charge in [-0.25, -0.2) is 0 Å². The fourth-order valence-corrected chi connectivity index (χ4v) is 4.47. The number of hydrogen-bond donors (Lipinski definition) is 0. The van der Waals surface area contributed by atoms with Crippen LogP contribution >= 0.6 is 0 Å². The van der Waals surface area contributed by atoms with E-state index in [1.165, 1.54) is 96.8 Å². The second-order valence-corrected chi connectivity index (χ2v) is 9.81. The van der Waals surface area contributed by atoms with E-state index in [0.717, 1.165) is 12.8 Å². The third kappa shape index (κ3) is 13.8. The van der Waals surface area contributed by atoms with Crippen molar-refractivity contribution in [2.45, 2.75) is 124 Å². The number of benzene rings is 1. The molecule has 0 aromatic heterocycles. The summed E-state index contributed by atoms with van der Waals surface area (Å²) in [4.78, 5) is 37.0. The first kappa shape index (κ1) is 31.9. The Labute approximate surface area is 219 Å². The van der Waals surface area contributed by atoms with Crippen LogP contribution in [0.3, 0.4) is 0 Å². The van der Waals surface area contributed by atoms with Gasteiger partial charge in [-0.2, -0.15) is 0 Å². The number of rotatable bonds is 23. The summed E-state index contributed by atoms with van der Waals surface area (Å²) in [6.45, 7) is 5.78. The third-order valence-electron chi connectivity index (χ3n) is 6.60. The second kappa shape index (κ2) is 21.0. The van der Waals surface area contributed by atoms with Crippen LogP contribution in [0.4, 0.5) is 0 Å². The Hall–Kier alpha value is -2.17. The van der Waals surface area contributed by atoms with E-state index < -0.39 is 23.5 Å². The van der Waals surface area contributed by atoms with E-state index in [-0.39, 0.29) is 12.2 Å². The molecule has 1 unspecified atom stereocenters. The summed E-state index contributed by atoms with van der Waals surface area (Å²) in [5.74, 6) is -2.92. The van der Waals surface area contributed by atoms with E-state index in [4.69, 9.17) is 9.47 Å². The van der Waals surface area contributed by atoms with Crippen molar-refractivity contribution >= 4 is 17.5 Å². The smallest absolute Gasteiger partial charge is 0.324 e. The zero-order valence-electron chi connectivity index (χ0n) is 23.2. The molecule has 0 fully saturated rings. The van der Waals surface area contributed by atoms with Gasteiger partial charge in [0.15, 0.2) is 17.5 Å². The molecule has 1 rings (SSSR count). The molecule has 0 bridgehead atoms. The Morgan fingerprint density at radius 3 is 1.64 bits per heavy atom. The molecule has 0 saturated carbocycles. The Kier molecular flexibility index (Phi) is 18.6. The highest BCUT2D eigenvalue weighted by Gasteiger charge is 2.34. The standard InChI is InChI=1S/C31H50O5/c1-4-6-7-8-9-10-11-12-13-14-15-16-17-18-19-22-25-36-28-24-21-20-23-27(28)30(33)29(26(3)32)31(34)35-5-2/h20-21,23-24,29H,4-19,22,25H2,1-3H3. The first-order valence-corrected chi connectivity index (χ1v) is 14.5. The van der Waals surface area contributed by atoms with Crippen LogP contribution in [-0.2, 0) is 14.3 Å². The lowest BCUT2D eigenvalue weighted by Crippen LogP contribution is -2.32. The van der Waals surface area contributed by atoms with Crippen molar-refractivity contribution in [3.05, 3.63) is 29.8 Å². The molecule has 0 amide bonds. The van der Waals surface area contributed by atoms with Gasteiger partial charge in [0.2, 0.25) is 0 Å². The molecule has 0 heterocycles. The number of hydrogen-bond acceptors (Lipinski definition) is 5. The number of para-hydroxylation sites is 1. The van der Waals surface area contributed by atoms with Gasteiger partial charge < -0.3 is 9.47 Å². The summed E-state index contributed by atoms with van der Waals surface area (Å²) in [5, 5.41) is 0. The molecule has 0 saturated heterocycles. The predicted molar refractivity (Wildman–Crippen MR) is 147 cm³/mol. The molecule has 1 aromatic rings. The number of carbonyl (C=O) groups is 3. The molecule has 1 atom stereocenters. The maximum Gasteiger partial charge on any atom is 0.324 e. The maximum absolute atomic E-state index is 12.9. The Bertz CT molecular complexity index is 742. The van der Waals surface area contributed by atoms with Crippen molar-refractivity contribution in [3.8, 4) is 5.75 Å². The molecular weight excluding hydrogens is 452 g/mol. The maximum atomic E-state index is 12.9. The fraction of sp³-hybridized carbons (Fsp3) is 0.710. The monoisotopic (exact) mass is 502 g/mol. The molecule has 5 heteroatoms. The van der Waals surface area contributed by atoms with Gasteiger partial charge in [-0.15, -0.1) is 0 Å². The topological polar surface area (TPSA) is 69.7 Å². The number of unbranched alkanes of at least 4 members (excludes halogenated alkanes) is 15. The van der Waals surface area contributed by atoms with Gasteiger partial charge in [-0.1, -0.05) is 115 Å². The lowest BCUT2D eigenvalue weighted by Gasteiger charge is -2.15. The Morgan fingerprint density at radius 2 is 1.17 bits per heavy atom. The van der Waals surface area contributed by atoms with Gasteiger partial charge in [0, 0.05) is 0 Å². The van der Waals surface area contributed by atoms with Crippen LogP contribution in [0.5, 0.6) is 5.75 Å². The normalized spacial score (nSPS) is 11.8. The second-order valence-electron chi connectivity index (χ2n) is 9.81. The highest BCUT2D eigenvalue weighted by atomic mass is 16.5. The number of ether oxygens (including phenoxy) is 2. The van der Waals surface area contributed by atoms with Crippen LogP contribution in [0, 0.1) is 5.92 Å². The van der Waals surface area contributed by atoms with E-state index in [1.54, 1.807) is 31.2 Å². The average Bonchev–Trinajstić information content (AvgIpc) is 2.86. The summed E-state index contributed by atoms with van der Waals surface area (Å²) >= 11 is 0. The van der Waals surface area contributed by atoms with Gasteiger partial charge in [-0.3, -0.25) is 14.4 Å². The quantitative estimate of drug-likeness (QED) is 0.0651. The number of carbonyl (C=O) groups excluding carboxylic acids is 3. The Balaban J connectivity index is 2.17. The van der Waals surface area contributed by atoms with Crippen LogP contribution in [0.1, 0.15) is 134 Å². The van der Waals surface area contributed by atoms with Crippen molar-refractivity contribution in [1.29, 1.82) is 0 Å². The van der Waals surface area contributed by atoms with Gasteiger partial charge in [0.25, 0.3) is 0 Å². The van der Waals surface area contributed by atoms with Crippen molar-refractivity contribution in [1.82, 2.24) is 0 Å². The largest absolute Gasteiger partial charge is 0.493 e. The van der Waals surface area contributed by atoms with Crippen LogP contribution in [-0.4, -0.2) is 30.7 Å². The van der Waals surface area contributed by atoms with Gasteiger partial charge in [0.05, 0.1) is 18.8 Å². The van der Waals surface area contributed by atoms with E-state index >= 15 is 0 Å². The van der Waals surface area contributed by atoms with Crippen molar-refractivity contribution < 1.29 is 23.9 Å². The third-order valence-corrected chi connectivity index (χ3v) is 6.60. The molecule has 0 aliphatic carbocycles. The highest BCUT2D eigenvalue weighted by Crippen LogP contribution is 2.23. The summed E-state index contributed by atoms with van der Waals surface area (Å²) in [6, 6.07) is 6.80. The van der Waals surface area contributed by atoms with Gasteiger partial charge >= 0.3 is 5.97 Å². The van der Waals surface area contributed by atoms with Gasteiger partial charge in [-0.05, 0) is 32.4 Å². The van der Waals surface area contributed by atoms with E-state index in [1.807, 2.05) is 0 Å². The summed E-state index contributed by atoms with van der Waals surface area (Å²) in [5.41, 5.74) is 0.252. The number of Topliss-reactive ketones (excluding diaryl/α,β-unsaturated/α-hetero) is 2. The van der Waals surface area contributed by atoms with E-state index in [2.05, 4.69) is 6.92 Å². The average molecular weight is 503 g/mol. The van der Waals surface area contributed by atoms with Crippen molar-refractivity contribution in [2.75, 3.05) is 13.2 Å². The lowest BCUT2D eigenvalue weighted by atomic mass is 9.94. The number of ketones is 2. The zero-order valence-corrected chi connectivity index (χ0v) is 23.2. The molecule has 5 nitrogen and oxygen atoms in total. The molecule has 0 aliphatic rings. The zero-order chi connectivity index (χ0) is 26.4. The molecule has 0 N–H and O–H groups in total. The minimum atomic E-state index is -1.44. The number of esters is 1. The first-order valence-electron chi connectivity index (χ1n) is 14.5. The SMILES string of the molecule is CCCCCCCCCCCCCCCCCCOc1ccccc1C(=O)C(C(C)=O)C(=O)OCC. The highest BCUT2D eigenvalue weighted by molar-refractivity contribution is 6.22. The van der Waals surface area contributed by atoms with Crippen LogP contribution < -0.4 is 4.74 Å². The molecule has 204 valence electrons. The molecule has 0 radical (unpaired) electrons. The summed E-state index contributed by atoms with van der Waals surface area (Å²) in [7, 11) is 0. The Morgan fingerprint density at radius 1 is 0.694 bits per heavy atom. The summed E-state index contributed by atoms with van der Waals surface area (Å²) in [6.07, 6.45) is 21.0. The van der Waals surface area contributed by atoms with Crippen LogP contribution in [0.15, 0.2) is 24.3 Å². The predicted octanol–water partition coefficient (Wildman–Crippen LogP) is 8.28. The van der Waals surface area contributed by atoms with Crippen molar-refractivity contribution in [2.24, 2.45) is 5.92 Å². The fourth-order valence-electron chi connectivity index (χ4n) is 4.47. The summed E-state index contributed by atoms with van der Waals surface area (Å²) < 4.78 is 10.8. The molecule has 36 heavy (non-hydrogen) atoms. The molecule has 0 aliphatic heterocycles. The molecule has 1 aromatic carbocycles.